The molecule has 0 saturated carbocycles. The van der Waals surface area contributed by atoms with Crippen molar-refractivity contribution < 1.29 is 0 Å². The fourth-order valence-corrected chi connectivity index (χ4v) is 2.32. The average molecular weight is 193 g/mol. The first-order valence-corrected chi connectivity index (χ1v) is 8.20. The molecule has 1 N–H and O–H groups in total. The second-order valence-electron chi connectivity index (χ2n) is 3.83. The van der Waals surface area contributed by atoms with Gasteiger partial charge in [-0.3, -0.25) is 0 Å². The van der Waals surface area contributed by atoms with Gasteiger partial charge in [-0.05, 0) is 18.6 Å². The maximum absolute atomic E-state index is 3.42. The molecule has 72 valence electrons. The van der Waals surface area contributed by atoms with Gasteiger partial charge in [0.2, 0.25) is 0 Å². The Bertz CT molecular complexity index is 221. The quantitative estimate of drug-likeness (QED) is 0.560. The van der Waals surface area contributed by atoms with Gasteiger partial charge in [0.25, 0.3) is 0 Å². The molecule has 1 aromatic rings. The molecule has 1 rings (SSSR count). The van der Waals surface area contributed by atoms with Crippen molar-refractivity contribution in [3.63, 3.8) is 0 Å². The molecule has 0 heterocycles. The molecule has 13 heavy (non-hydrogen) atoms. The molecule has 2 heteroatoms. The summed E-state index contributed by atoms with van der Waals surface area (Å²) in [5.74, 6) is 0. The number of para-hydroxylation sites is 1. The van der Waals surface area contributed by atoms with Crippen molar-refractivity contribution in [1.82, 2.24) is 0 Å². The topological polar surface area (TPSA) is 12.0 Å². The summed E-state index contributed by atoms with van der Waals surface area (Å²) < 4.78 is 0. The van der Waals surface area contributed by atoms with Gasteiger partial charge in [-0.15, -0.1) is 0 Å². The highest BCUT2D eigenvalue weighted by Crippen LogP contribution is 2.05. The van der Waals surface area contributed by atoms with E-state index < -0.39 is 0 Å². The van der Waals surface area contributed by atoms with Crippen LogP contribution < -0.4 is 5.32 Å². The Kier molecular flexibility index (Phi) is 4.61. The van der Waals surface area contributed by atoms with Gasteiger partial charge in [-0.1, -0.05) is 37.3 Å². The van der Waals surface area contributed by atoms with E-state index in [0.29, 0.717) is 0 Å². The Hall–Kier alpha value is -0.763. The minimum Gasteiger partial charge on any atom is -0.385 e. The molecule has 0 aromatic heterocycles. The Labute approximate surface area is 82.8 Å². The molecular formula is C11H19NSi. The van der Waals surface area contributed by atoms with Crippen LogP contribution in [-0.2, 0) is 0 Å². The van der Waals surface area contributed by atoms with Gasteiger partial charge in [-0.2, -0.15) is 0 Å². The molecule has 0 unspecified atom stereocenters. The summed E-state index contributed by atoms with van der Waals surface area (Å²) in [7, 11) is -0.336. The zero-order valence-corrected chi connectivity index (χ0v) is 9.74. The number of benzene rings is 1. The van der Waals surface area contributed by atoms with E-state index in [0.717, 1.165) is 6.54 Å². The minimum atomic E-state index is -0.336. The Morgan fingerprint density at radius 3 is 2.46 bits per heavy atom. The molecule has 0 radical (unpaired) electrons. The molecule has 0 saturated heterocycles. The highest BCUT2D eigenvalue weighted by molar-refractivity contribution is 6.55. The second-order valence-corrected chi connectivity index (χ2v) is 7.19. The predicted octanol–water partition coefficient (Wildman–Crippen LogP) is 2.98. The number of anilines is 1. The fraction of sp³-hybridized carbons (Fsp3) is 0.455. The Morgan fingerprint density at radius 1 is 1.15 bits per heavy atom. The second kappa shape index (κ2) is 5.81. The van der Waals surface area contributed by atoms with E-state index in [-0.39, 0.29) is 8.80 Å². The first-order chi connectivity index (χ1) is 6.29. The van der Waals surface area contributed by atoms with Crippen molar-refractivity contribution in [3.8, 4) is 0 Å². The number of hydrogen-bond donors (Lipinski definition) is 1. The average Bonchev–Trinajstić information content (AvgIpc) is 2.14. The van der Waals surface area contributed by atoms with E-state index in [1.54, 1.807) is 0 Å². The van der Waals surface area contributed by atoms with E-state index in [1.807, 2.05) is 6.07 Å². The molecule has 0 fully saturated rings. The molecular weight excluding hydrogens is 174 g/mol. The van der Waals surface area contributed by atoms with Gasteiger partial charge < -0.3 is 5.32 Å². The summed E-state index contributed by atoms with van der Waals surface area (Å²) in [6.07, 6.45) is 1.32. The number of nitrogens with one attached hydrogen (secondary N) is 1. The first kappa shape index (κ1) is 10.3. The molecule has 0 amide bonds. The molecule has 0 spiro atoms. The molecule has 0 aliphatic rings. The van der Waals surface area contributed by atoms with Crippen LogP contribution in [0.3, 0.4) is 0 Å². The molecule has 0 aliphatic carbocycles. The van der Waals surface area contributed by atoms with Crippen LogP contribution in [0.2, 0.25) is 19.1 Å². The lowest BCUT2D eigenvalue weighted by molar-refractivity contribution is 0.965. The standard InChI is InChI=1S/C11H19NSi/c1-13(2)10-6-9-12-11-7-4-3-5-8-11/h3-5,7-8,12-13H,6,9-10H2,1-2H3. The maximum Gasteiger partial charge on any atom is 0.0340 e. The Balaban J connectivity index is 2.13. The number of rotatable bonds is 5. The third-order valence-corrected chi connectivity index (χ3v) is 3.62. The fourth-order valence-electron chi connectivity index (χ4n) is 1.30. The summed E-state index contributed by atoms with van der Waals surface area (Å²) in [5.41, 5.74) is 1.24. The van der Waals surface area contributed by atoms with Gasteiger partial charge in [0.1, 0.15) is 0 Å². The largest absolute Gasteiger partial charge is 0.385 e. The van der Waals surface area contributed by atoms with Crippen molar-refractivity contribution in [2.24, 2.45) is 0 Å². The van der Waals surface area contributed by atoms with Crippen molar-refractivity contribution >= 4 is 14.5 Å². The van der Waals surface area contributed by atoms with Crippen LogP contribution in [0.15, 0.2) is 30.3 Å². The SMILES string of the molecule is C[SiH](C)CCCNc1ccccc1. The number of hydrogen-bond acceptors (Lipinski definition) is 1. The lowest BCUT2D eigenvalue weighted by atomic mass is 10.3. The van der Waals surface area contributed by atoms with Crippen LogP contribution in [-0.4, -0.2) is 15.3 Å². The van der Waals surface area contributed by atoms with E-state index >= 15 is 0 Å². The summed E-state index contributed by atoms with van der Waals surface area (Å²) in [6, 6.07) is 11.9. The minimum absolute atomic E-state index is 0.336. The van der Waals surface area contributed by atoms with Gasteiger partial charge in [0, 0.05) is 21.0 Å². The zero-order valence-electron chi connectivity index (χ0n) is 8.59. The lowest BCUT2D eigenvalue weighted by Gasteiger charge is -2.06. The monoisotopic (exact) mass is 193 g/mol. The highest BCUT2D eigenvalue weighted by atomic mass is 28.3. The van der Waals surface area contributed by atoms with E-state index in [4.69, 9.17) is 0 Å². The molecule has 1 nitrogen and oxygen atoms in total. The van der Waals surface area contributed by atoms with E-state index in [2.05, 4.69) is 42.7 Å². The van der Waals surface area contributed by atoms with Crippen LogP contribution >= 0.6 is 0 Å². The van der Waals surface area contributed by atoms with E-state index in [9.17, 15) is 0 Å². The molecule has 0 bridgehead atoms. The maximum atomic E-state index is 3.42. The summed E-state index contributed by atoms with van der Waals surface area (Å²) in [6.45, 7) is 5.93. The van der Waals surface area contributed by atoms with Crippen molar-refractivity contribution in [2.75, 3.05) is 11.9 Å². The third-order valence-electron chi connectivity index (χ3n) is 2.06. The smallest absolute Gasteiger partial charge is 0.0340 e. The van der Waals surface area contributed by atoms with Gasteiger partial charge >= 0.3 is 0 Å². The lowest BCUT2D eigenvalue weighted by Crippen LogP contribution is -2.05. The summed E-state index contributed by atoms with van der Waals surface area (Å²) >= 11 is 0. The van der Waals surface area contributed by atoms with Crippen LogP contribution in [0.5, 0.6) is 0 Å². The first-order valence-electron chi connectivity index (χ1n) is 5.08. The normalized spacial score (nSPS) is 10.4. The predicted molar refractivity (Wildman–Crippen MR) is 63.2 cm³/mol. The third kappa shape index (κ3) is 4.73. The van der Waals surface area contributed by atoms with Crippen LogP contribution in [0.4, 0.5) is 5.69 Å². The highest BCUT2D eigenvalue weighted by Gasteiger charge is 1.94. The van der Waals surface area contributed by atoms with Crippen molar-refractivity contribution in [2.45, 2.75) is 25.6 Å². The van der Waals surface area contributed by atoms with Gasteiger partial charge in [0.15, 0.2) is 0 Å². The Morgan fingerprint density at radius 2 is 1.85 bits per heavy atom. The van der Waals surface area contributed by atoms with Crippen molar-refractivity contribution in [1.29, 1.82) is 0 Å². The van der Waals surface area contributed by atoms with Crippen LogP contribution in [0.1, 0.15) is 6.42 Å². The molecule has 0 aliphatic heterocycles. The van der Waals surface area contributed by atoms with Gasteiger partial charge in [0.05, 0.1) is 0 Å². The molecule has 1 aromatic carbocycles. The van der Waals surface area contributed by atoms with Gasteiger partial charge in [-0.25, -0.2) is 0 Å². The zero-order chi connectivity index (χ0) is 9.52. The molecule has 0 atom stereocenters. The van der Waals surface area contributed by atoms with E-state index in [1.165, 1.54) is 18.2 Å². The van der Waals surface area contributed by atoms with Crippen molar-refractivity contribution in [3.05, 3.63) is 30.3 Å². The summed E-state index contributed by atoms with van der Waals surface area (Å²) in [4.78, 5) is 0. The van der Waals surface area contributed by atoms with Crippen LogP contribution in [0, 0.1) is 0 Å². The van der Waals surface area contributed by atoms with Crippen LogP contribution in [0.25, 0.3) is 0 Å². The summed E-state index contributed by atoms with van der Waals surface area (Å²) in [5, 5.41) is 3.42.